The summed E-state index contributed by atoms with van der Waals surface area (Å²) in [7, 11) is 1.64. The Kier molecular flexibility index (Phi) is 5.62. The van der Waals surface area contributed by atoms with Gasteiger partial charge in [-0.15, -0.1) is 0 Å². The van der Waals surface area contributed by atoms with E-state index in [1.54, 1.807) is 13.1 Å². The number of nitrogens with zero attached hydrogens (tertiary/aromatic N) is 1. The molecule has 1 aromatic carbocycles. The van der Waals surface area contributed by atoms with E-state index in [1.807, 2.05) is 6.92 Å². The quantitative estimate of drug-likeness (QED) is 0.622. The molecule has 0 fully saturated rings. The molecule has 6 nitrogen and oxygen atoms in total. The Morgan fingerprint density at radius 1 is 1.32 bits per heavy atom. The highest BCUT2D eigenvalue weighted by Crippen LogP contribution is 2.38. The molecular formula is C14H19F2N3O3. The third kappa shape index (κ3) is 4.12. The molecule has 0 saturated carbocycles. The smallest absolute Gasteiger partial charge is 0.387 e. The third-order valence-electron chi connectivity index (χ3n) is 2.98. The van der Waals surface area contributed by atoms with E-state index in [2.05, 4.69) is 20.4 Å². The molecule has 0 amide bonds. The number of fused-ring (bicyclic) bond motifs is 1. The molecule has 1 aliphatic heterocycles. The van der Waals surface area contributed by atoms with Crippen LogP contribution in [-0.4, -0.2) is 33.0 Å². The Bertz CT molecular complexity index is 538. The van der Waals surface area contributed by atoms with Gasteiger partial charge in [0.05, 0.1) is 0 Å². The van der Waals surface area contributed by atoms with Crippen LogP contribution < -0.4 is 24.8 Å². The number of benzene rings is 1. The summed E-state index contributed by atoms with van der Waals surface area (Å²) in [5.41, 5.74) is 0.531. The summed E-state index contributed by atoms with van der Waals surface area (Å²) in [6.45, 7) is 0.229. The minimum absolute atomic E-state index is 0.0534. The van der Waals surface area contributed by atoms with Crippen molar-refractivity contribution >= 4 is 5.96 Å². The number of hydrogen-bond donors (Lipinski definition) is 2. The van der Waals surface area contributed by atoms with E-state index in [1.165, 1.54) is 6.07 Å². The van der Waals surface area contributed by atoms with Crippen LogP contribution in [0.3, 0.4) is 0 Å². The molecule has 0 unspecified atom stereocenters. The van der Waals surface area contributed by atoms with Gasteiger partial charge in [-0.05, 0) is 12.5 Å². The Balaban J connectivity index is 2.11. The summed E-state index contributed by atoms with van der Waals surface area (Å²) in [6.07, 6.45) is 0.949. The number of guanidine groups is 1. The Labute approximate surface area is 127 Å². The molecule has 0 saturated heterocycles. The number of aliphatic imine (C=N–C) groups is 1. The van der Waals surface area contributed by atoms with Crippen molar-refractivity contribution in [2.75, 3.05) is 20.4 Å². The highest BCUT2D eigenvalue weighted by molar-refractivity contribution is 5.79. The molecule has 1 aliphatic rings. The summed E-state index contributed by atoms with van der Waals surface area (Å²) in [6, 6.07) is 3.04. The lowest BCUT2D eigenvalue weighted by Crippen LogP contribution is -2.37. The van der Waals surface area contributed by atoms with Gasteiger partial charge < -0.3 is 24.8 Å². The average molecular weight is 315 g/mol. The van der Waals surface area contributed by atoms with Crippen molar-refractivity contribution in [2.24, 2.45) is 4.99 Å². The van der Waals surface area contributed by atoms with Crippen LogP contribution in [0, 0.1) is 0 Å². The van der Waals surface area contributed by atoms with E-state index in [0.717, 1.165) is 13.0 Å². The van der Waals surface area contributed by atoms with Gasteiger partial charge in [0.25, 0.3) is 0 Å². The third-order valence-corrected chi connectivity index (χ3v) is 2.98. The molecule has 2 N–H and O–H groups in total. The van der Waals surface area contributed by atoms with E-state index in [-0.39, 0.29) is 19.1 Å². The second-order valence-corrected chi connectivity index (χ2v) is 4.54. The summed E-state index contributed by atoms with van der Waals surface area (Å²) in [5, 5.41) is 6.14. The van der Waals surface area contributed by atoms with Crippen molar-refractivity contribution in [1.82, 2.24) is 10.6 Å². The predicted molar refractivity (Wildman–Crippen MR) is 77.7 cm³/mol. The van der Waals surface area contributed by atoms with Gasteiger partial charge in [0, 0.05) is 31.8 Å². The highest BCUT2D eigenvalue weighted by Gasteiger charge is 2.20. The maximum Gasteiger partial charge on any atom is 0.387 e. The first-order valence-electron chi connectivity index (χ1n) is 6.96. The fourth-order valence-electron chi connectivity index (χ4n) is 1.95. The van der Waals surface area contributed by atoms with Crippen molar-refractivity contribution < 1.29 is 23.0 Å². The van der Waals surface area contributed by atoms with E-state index >= 15 is 0 Å². The first-order valence-corrected chi connectivity index (χ1v) is 6.96. The Morgan fingerprint density at radius 3 is 2.68 bits per heavy atom. The van der Waals surface area contributed by atoms with Gasteiger partial charge in [0.15, 0.2) is 17.5 Å². The second kappa shape index (κ2) is 7.67. The van der Waals surface area contributed by atoms with Crippen LogP contribution in [0.1, 0.15) is 18.9 Å². The highest BCUT2D eigenvalue weighted by atomic mass is 19.3. The van der Waals surface area contributed by atoms with E-state index < -0.39 is 6.61 Å². The lowest BCUT2D eigenvalue weighted by atomic mass is 10.1. The standard InChI is InChI=1S/C14H19F2N3O3/c1-3-4-18-14(17-2)19-7-9-5-11-12(21-8-20-11)6-10(9)22-13(15)16/h5-6,13H,3-4,7-8H2,1-2H3,(H2,17,18,19). The van der Waals surface area contributed by atoms with E-state index in [4.69, 9.17) is 9.47 Å². The maximum atomic E-state index is 12.5. The number of alkyl halides is 2. The summed E-state index contributed by atoms with van der Waals surface area (Å²) >= 11 is 0. The fourth-order valence-corrected chi connectivity index (χ4v) is 1.95. The van der Waals surface area contributed by atoms with Gasteiger partial charge in [-0.25, -0.2) is 0 Å². The topological polar surface area (TPSA) is 64.1 Å². The van der Waals surface area contributed by atoms with Crippen LogP contribution in [0.15, 0.2) is 17.1 Å². The summed E-state index contributed by atoms with van der Waals surface area (Å²) in [4.78, 5) is 4.05. The zero-order valence-electron chi connectivity index (χ0n) is 12.5. The molecule has 1 heterocycles. The van der Waals surface area contributed by atoms with Gasteiger partial charge >= 0.3 is 6.61 Å². The molecule has 0 radical (unpaired) electrons. The molecule has 22 heavy (non-hydrogen) atoms. The maximum absolute atomic E-state index is 12.5. The molecule has 0 aliphatic carbocycles. The Hall–Kier alpha value is -2.25. The number of rotatable bonds is 6. The Morgan fingerprint density at radius 2 is 2.05 bits per heavy atom. The monoisotopic (exact) mass is 315 g/mol. The van der Waals surface area contributed by atoms with Crippen molar-refractivity contribution in [1.29, 1.82) is 0 Å². The zero-order valence-corrected chi connectivity index (χ0v) is 12.5. The lowest BCUT2D eigenvalue weighted by molar-refractivity contribution is -0.0505. The molecule has 122 valence electrons. The van der Waals surface area contributed by atoms with Crippen LogP contribution in [0.2, 0.25) is 0 Å². The van der Waals surface area contributed by atoms with Crippen molar-refractivity contribution in [3.05, 3.63) is 17.7 Å². The molecule has 0 bridgehead atoms. The number of hydrogen-bond acceptors (Lipinski definition) is 4. The van der Waals surface area contributed by atoms with Crippen LogP contribution >= 0.6 is 0 Å². The average Bonchev–Trinajstić information content (AvgIpc) is 2.94. The van der Waals surface area contributed by atoms with Crippen LogP contribution in [0.25, 0.3) is 0 Å². The first-order chi connectivity index (χ1) is 10.6. The number of nitrogens with one attached hydrogen (secondary N) is 2. The van der Waals surface area contributed by atoms with Gasteiger partial charge in [0.1, 0.15) is 5.75 Å². The second-order valence-electron chi connectivity index (χ2n) is 4.54. The van der Waals surface area contributed by atoms with E-state index in [0.29, 0.717) is 23.0 Å². The van der Waals surface area contributed by atoms with Gasteiger partial charge in [-0.2, -0.15) is 8.78 Å². The van der Waals surface area contributed by atoms with Gasteiger partial charge in [-0.1, -0.05) is 6.92 Å². The lowest BCUT2D eigenvalue weighted by Gasteiger charge is -2.15. The summed E-state index contributed by atoms with van der Waals surface area (Å²) < 4.78 is 40.0. The molecule has 0 aromatic heterocycles. The van der Waals surface area contributed by atoms with E-state index in [9.17, 15) is 8.78 Å². The molecular weight excluding hydrogens is 296 g/mol. The molecule has 8 heteroatoms. The number of halogens is 2. The zero-order chi connectivity index (χ0) is 15.9. The normalized spacial score (nSPS) is 13.4. The first kappa shape index (κ1) is 16.1. The predicted octanol–water partition coefficient (Wildman–Crippen LogP) is 2.09. The SMILES string of the molecule is CCCNC(=NC)NCc1cc2c(cc1OC(F)F)OCO2. The van der Waals surface area contributed by atoms with Crippen LogP contribution in [-0.2, 0) is 6.54 Å². The van der Waals surface area contributed by atoms with Gasteiger partial charge in [-0.3, -0.25) is 4.99 Å². The summed E-state index contributed by atoms with van der Waals surface area (Å²) in [5.74, 6) is 1.54. The molecule has 1 aromatic rings. The largest absolute Gasteiger partial charge is 0.454 e. The molecule has 0 spiro atoms. The minimum atomic E-state index is -2.91. The number of ether oxygens (including phenoxy) is 3. The fraction of sp³-hybridized carbons (Fsp3) is 0.500. The molecule has 2 rings (SSSR count). The van der Waals surface area contributed by atoms with Crippen molar-refractivity contribution in [3.8, 4) is 17.2 Å². The minimum Gasteiger partial charge on any atom is -0.454 e. The van der Waals surface area contributed by atoms with Gasteiger partial charge in [0.2, 0.25) is 6.79 Å². The van der Waals surface area contributed by atoms with Crippen LogP contribution in [0.5, 0.6) is 17.2 Å². The van der Waals surface area contributed by atoms with Crippen molar-refractivity contribution in [2.45, 2.75) is 26.5 Å². The molecule has 0 atom stereocenters. The van der Waals surface area contributed by atoms with Crippen molar-refractivity contribution in [3.63, 3.8) is 0 Å². The van der Waals surface area contributed by atoms with Crippen LogP contribution in [0.4, 0.5) is 8.78 Å².